The van der Waals surface area contributed by atoms with Crippen molar-refractivity contribution in [2.45, 2.75) is 31.4 Å². The van der Waals surface area contributed by atoms with Gasteiger partial charge in [0, 0.05) is 11.8 Å². The molecule has 0 aromatic carbocycles. The van der Waals surface area contributed by atoms with Gasteiger partial charge in [0.05, 0.1) is 0 Å². The molecular formula is C11H22N2O2S. The van der Waals surface area contributed by atoms with Crippen LogP contribution in [0.15, 0.2) is 0 Å². The Hall–Kier alpha value is -0.260. The lowest BCUT2D eigenvalue weighted by atomic mass is 10.0. The first-order valence-electron chi connectivity index (χ1n) is 5.70. The van der Waals surface area contributed by atoms with Crippen LogP contribution in [0, 0.1) is 0 Å². The molecule has 0 aromatic heterocycles. The molecular weight excluding hydrogens is 224 g/mol. The Morgan fingerprint density at radius 3 is 2.81 bits per heavy atom. The first kappa shape index (κ1) is 13.8. The Kier molecular flexibility index (Phi) is 5.08. The van der Waals surface area contributed by atoms with Gasteiger partial charge in [-0.15, -0.1) is 0 Å². The van der Waals surface area contributed by atoms with Gasteiger partial charge in [-0.1, -0.05) is 0 Å². The summed E-state index contributed by atoms with van der Waals surface area (Å²) in [6.45, 7) is 2.92. The molecule has 0 aromatic rings. The zero-order valence-electron chi connectivity index (χ0n) is 10.3. The second-order valence-electron chi connectivity index (χ2n) is 4.80. The molecule has 1 rings (SSSR count). The Morgan fingerprint density at radius 1 is 1.62 bits per heavy atom. The van der Waals surface area contributed by atoms with E-state index in [1.54, 1.807) is 11.8 Å². The summed E-state index contributed by atoms with van der Waals surface area (Å²) >= 11 is 1.64. The molecule has 1 fully saturated rings. The van der Waals surface area contributed by atoms with E-state index in [1.165, 1.54) is 0 Å². The second-order valence-corrected chi connectivity index (χ2v) is 5.91. The highest BCUT2D eigenvalue weighted by Crippen LogP contribution is 2.27. The molecule has 0 saturated carbocycles. The smallest absolute Gasteiger partial charge is 0.253 e. The van der Waals surface area contributed by atoms with Crippen molar-refractivity contribution in [3.63, 3.8) is 0 Å². The molecule has 1 heterocycles. The van der Waals surface area contributed by atoms with Crippen LogP contribution in [-0.2, 0) is 4.79 Å². The molecule has 0 radical (unpaired) electrons. The van der Waals surface area contributed by atoms with Crippen molar-refractivity contribution < 1.29 is 9.90 Å². The molecule has 0 aliphatic carbocycles. The molecule has 0 bridgehead atoms. The highest BCUT2D eigenvalue weighted by molar-refractivity contribution is 7.99. The lowest BCUT2D eigenvalue weighted by Gasteiger charge is -2.24. The zero-order valence-corrected chi connectivity index (χ0v) is 11.1. The summed E-state index contributed by atoms with van der Waals surface area (Å²) in [5, 5.41) is 12.9. The number of rotatable bonds is 5. The van der Waals surface area contributed by atoms with E-state index in [9.17, 15) is 9.90 Å². The zero-order chi connectivity index (χ0) is 12.2. The van der Waals surface area contributed by atoms with E-state index >= 15 is 0 Å². The molecule has 1 saturated heterocycles. The van der Waals surface area contributed by atoms with E-state index in [0.717, 1.165) is 18.7 Å². The van der Waals surface area contributed by atoms with Crippen LogP contribution in [-0.4, -0.2) is 59.7 Å². The fourth-order valence-corrected chi connectivity index (χ4v) is 2.85. The fraction of sp³-hybridized carbons (Fsp3) is 0.909. The van der Waals surface area contributed by atoms with E-state index < -0.39 is 5.60 Å². The summed E-state index contributed by atoms with van der Waals surface area (Å²) < 4.78 is 0. The molecule has 4 nitrogen and oxygen atoms in total. The number of aliphatic hydroxyl groups is 1. The molecule has 16 heavy (non-hydrogen) atoms. The fourth-order valence-electron chi connectivity index (χ4n) is 1.62. The number of hydrogen-bond donors (Lipinski definition) is 2. The van der Waals surface area contributed by atoms with Crippen molar-refractivity contribution in [2.75, 3.05) is 32.1 Å². The Bertz CT molecular complexity index is 240. The maximum absolute atomic E-state index is 11.8. The summed E-state index contributed by atoms with van der Waals surface area (Å²) in [4.78, 5) is 13.9. The molecule has 94 valence electrons. The van der Waals surface area contributed by atoms with Crippen molar-refractivity contribution in [2.24, 2.45) is 0 Å². The highest BCUT2D eigenvalue weighted by Gasteiger charge is 2.39. The minimum Gasteiger partial charge on any atom is -0.379 e. The molecule has 1 aliphatic rings. The molecule has 1 aliphatic heterocycles. The second kappa shape index (κ2) is 5.89. The minimum absolute atomic E-state index is 0.115. The van der Waals surface area contributed by atoms with Crippen LogP contribution >= 0.6 is 11.8 Å². The summed E-state index contributed by atoms with van der Waals surface area (Å²) in [5.74, 6) is 1.19. The molecule has 2 N–H and O–H groups in total. The van der Waals surface area contributed by atoms with Crippen molar-refractivity contribution in [1.29, 1.82) is 0 Å². The number of thioether (sulfide) groups is 1. The van der Waals surface area contributed by atoms with E-state index in [-0.39, 0.29) is 11.9 Å². The number of nitrogens with one attached hydrogen (secondary N) is 1. The van der Waals surface area contributed by atoms with Crippen LogP contribution in [0.25, 0.3) is 0 Å². The largest absolute Gasteiger partial charge is 0.379 e. The van der Waals surface area contributed by atoms with E-state index in [4.69, 9.17) is 0 Å². The third-order valence-electron chi connectivity index (χ3n) is 2.81. The highest BCUT2D eigenvalue weighted by atomic mass is 32.2. The van der Waals surface area contributed by atoms with Crippen molar-refractivity contribution in [3.05, 3.63) is 0 Å². The third kappa shape index (κ3) is 3.96. The first-order valence-corrected chi connectivity index (χ1v) is 6.85. The maximum atomic E-state index is 11.8. The molecule has 2 atom stereocenters. The van der Waals surface area contributed by atoms with Crippen LogP contribution in [0.4, 0.5) is 0 Å². The Labute approximate surface area is 102 Å². The normalized spacial score (nSPS) is 27.1. The van der Waals surface area contributed by atoms with E-state index in [2.05, 4.69) is 10.2 Å². The van der Waals surface area contributed by atoms with Gasteiger partial charge in [0.25, 0.3) is 5.91 Å². The van der Waals surface area contributed by atoms with Crippen LogP contribution in [0.1, 0.15) is 19.8 Å². The Morgan fingerprint density at radius 2 is 2.31 bits per heavy atom. The van der Waals surface area contributed by atoms with Gasteiger partial charge in [-0.05, 0) is 46.2 Å². The standard InChI is InChI=1S/C11H22N2O2S/c1-9(4-6-13(2)3)12-10(14)11(15)5-7-16-8-11/h9,15H,4-8H2,1-3H3,(H,12,14). The van der Waals surface area contributed by atoms with Crippen molar-refractivity contribution in [3.8, 4) is 0 Å². The lowest BCUT2D eigenvalue weighted by Crippen LogP contribution is -2.50. The van der Waals surface area contributed by atoms with Gasteiger partial charge in [-0.3, -0.25) is 4.79 Å². The van der Waals surface area contributed by atoms with Gasteiger partial charge in [0.15, 0.2) is 5.60 Å². The number of hydrogen-bond acceptors (Lipinski definition) is 4. The van der Waals surface area contributed by atoms with E-state index in [0.29, 0.717) is 12.2 Å². The van der Waals surface area contributed by atoms with Gasteiger partial charge in [-0.25, -0.2) is 0 Å². The third-order valence-corrected chi connectivity index (χ3v) is 3.98. The van der Waals surface area contributed by atoms with Gasteiger partial charge in [0.2, 0.25) is 0 Å². The van der Waals surface area contributed by atoms with Crippen LogP contribution < -0.4 is 5.32 Å². The first-order chi connectivity index (χ1) is 7.44. The summed E-state index contributed by atoms with van der Waals surface area (Å²) in [6.07, 6.45) is 1.48. The summed E-state index contributed by atoms with van der Waals surface area (Å²) in [5.41, 5.74) is -1.13. The van der Waals surface area contributed by atoms with Gasteiger partial charge in [0.1, 0.15) is 0 Å². The average molecular weight is 246 g/mol. The Balaban J connectivity index is 2.33. The molecule has 5 heteroatoms. The average Bonchev–Trinajstić information content (AvgIpc) is 2.63. The van der Waals surface area contributed by atoms with Crippen LogP contribution in [0.3, 0.4) is 0 Å². The van der Waals surface area contributed by atoms with Gasteiger partial charge in [-0.2, -0.15) is 11.8 Å². The summed E-state index contributed by atoms with van der Waals surface area (Å²) in [6, 6.07) is 0.115. The van der Waals surface area contributed by atoms with Crippen LogP contribution in [0.5, 0.6) is 0 Å². The number of carbonyl (C=O) groups is 1. The number of nitrogens with zero attached hydrogens (tertiary/aromatic N) is 1. The maximum Gasteiger partial charge on any atom is 0.253 e. The minimum atomic E-state index is -1.13. The van der Waals surface area contributed by atoms with Crippen LogP contribution in [0.2, 0.25) is 0 Å². The molecule has 0 spiro atoms. The lowest BCUT2D eigenvalue weighted by molar-refractivity contribution is -0.137. The van der Waals surface area contributed by atoms with Gasteiger partial charge >= 0.3 is 0 Å². The van der Waals surface area contributed by atoms with Crippen molar-refractivity contribution in [1.82, 2.24) is 10.2 Å². The number of carbonyl (C=O) groups excluding carboxylic acids is 1. The topological polar surface area (TPSA) is 52.6 Å². The summed E-state index contributed by atoms with van der Waals surface area (Å²) in [7, 11) is 4.02. The monoisotopic (exact) mass is 246 g/mol. The predicted molar refractivity (Wildman–Crippen MR) is 67.7 cm³/mol. The predicted octanol–water partition coefficient (Wildman–Crippen LogP) is 0.311. The van der Waals surface area contributed by atoms with Gasteiger partial charge < -0.3 is 15.3 Å². The SMILES string of the molecule is CC(CCN(C)C)NC(=O)C1(O)CCSC1. The molecule has 2 unspecified atom stereocenters. The van der Waals surface area contributed by atoms with E-state index in [1.807, 2.05) is 21.0 Å². The van der Waals surface area contributed by atoms with Crippen molar-refractivity contribution >= 4 is 17.7 Å². The number of amides is 1. The molecule has 1 amide bonds. The quantitative estimate of drug-likeness (QED) is 0.733.